The minimum absolute atomic E-state index is 0.0647. The number of fused-ring (bicyclic) bond motifs is 1. The third-order valence-corrected chi connectivity index (χ3v) is 4.71. The van der Waals surface area contributed by atoms with Crippen LogP contribution in [0.2, 0.25) is 0 Å². The number of hydrogen-bond donors (Lipinski definition) is 0. The fourth-order valence-electron chi connectivity index (χ4n) is 3.24. The van der Waals surface area contributed by atoms with E-state index in [2.05, 4.69) is 32.9 Å². The van der Waals surface area contributed by atoms with Crippen LogP contribution in [0.3, 0.4) is 0 Å². The molecule has 0 radical (unpaired) electrons. The molecule has 1 aromatic carbocycles. The van der Waals surface area contributed by atoms with E-state index >= 15 is 0 Å². The summed E-state index contributed by atoms with van der Waals surface area (Å²) >= 11 is 0. The maximum Gasteiger partial charge on any atom is 0.345 e. The monoisotopic (exact) mass is 416 g/mol. The molecule has 1 aromatic rings. The summed E-state index contributed by atoms with van der Waals surface area (Å²) in [5, 5.41) is 0. The van der Waals surface area contributed by atoms with Crippen LogP contribution in [0.4, 0.5) is 0 Å². The number of carbonyl (C=O) groups is 2. The standard InChI is InChI=1S/C24H32O6/c1-15(2)9-8-10-16(3)11-12-19-20(27-7)13-18(14-28-17(4)25)21-22(19)29-24(5,6)30-23(21)26/h9,11,13H,8,10,12,14H2,1-7H3/b16-11+. The van der Waals surface area contributed by atoms with Crippen molar-refractivity contribution in [2.45, 2.75) is 73.2 Å². The largest absolute Gasteiger partial charge is 0.496 e. The highest BCUT2D eigenvalue weighted by Crippen LogP contribution is 2.42. The van der Waals surface area contributed by atoms with Crippen LogP contribution >= 0.6 is 0 Å². The van der Waals surface area contributed by atoms with E-state index in [1.54, 1.807) is 27.0 Å². The second kappa shape index (κ2) is 9.83. The molecule has 6 heteroatoms. The van der Waals surface area contributed by atoms with Crippen molar-refractivity contribution in [3.05, 3.63) is 46.1 Å². The number of ether oxygens (including phenoxy) is 4. The van der Waals surface area contributed by atoms with E-state index in [9.17, 15) is 9.59 Å². The Hall–Kier alpha value is -2.76. The number of esters is 2. The van der Waals surface area contributed by atoms with Crippen molar-refractivity contribution in [3.8, 4) is 11.5 Å². The Morgan fingerprint density at radius 2 is 1.83 bits per heavy atom. The Morgan fingerprint density at radius 1 is 1.13 bits per heavy atom. The molecule has 0 amide bonds. The van der Waals surface area contributed by atoms with Gasteiger partial charge in [0.2, 0.25) is 5.79 Å². The average Bonchev–Trinajstić information content (AvgIpc) is 2.62. The molecule has 0 saturated heterocycles. The smallest absolute Gasteiger partial charge is 0.345 e. The molecule has 0 saturated carbocycles. The molecule has 0 spiro atoms. The van der Waals surface area contributed by atoms with Gasteiger partial charge in [-0.2, -0.15) is 0 Å². The van der Waals surface area contributed by atoms with Gasteiger partial charge in [-0.3, -0.25) is 4.79 Å². The predicted octanol–water partition coefficient (Wildman–Crippen LogP) is 5.28. The first-order valence-electron chi connectivity index (χ1n) is 10.1. The Kier molecular flexibility index (Phi) is 7.71. The molecule has 0 bridgehead atoms. The Labute approximate surface area is 178 Å². The molecule has 0 fully saturated rings. The van der Waals surface area contributed by atoms with E-state index in [1.807, 2.05) is 0 Å². The van der Waals surface area contributed by atoms with Crippen LogP contribution in [0.1, 0.15) is 75.9 Å². The summed E-state index contributed by atoms with van der Waals surface area (Å²) in [4.78, 5) is 24.0. The first-order chi connectivity index (χ1) is 14.0. The van der Waals surface area contributed by atoms with Crippen LogP contribution in [0, 0.1) is 0 Å². The highest BCUT2D eigenvalue weighted by Gasteiger charge is 2.38. The molecule has 164 valence electrons. The van der Waals surface area contributed by atoms with Gasteiger partial charge in [0.05, 0.1) is 7.11 Å². The van der Waals surface area contributed by atoms with E-state index in [1.165, 1.54) is 18.1 Å². The van der Waals surface area contributed by atoms with Gasteiger partial charge in [0.25, 0.3) is 0 Å². The maximum absolute atomic E-state index is 12.8. The highest BCUT2D eigenvalue weighted by molar-refractivity contribution is 5.96. The average molecular weight is 417 g/mol. The summed E-state index contributed by atoms with van der Waals surface area (Å²) in [6.45, 7) is 10.9. The molecule has 1 aliphatic heterocycles. The second-order valence-corrected chi connectivity index (χ2v) is 8.17. The van der Waals surface area contributed by atoms with Crippen molar-refractivity contribution in [1.82, 2.24) is 0 Å². The summed E-state index contributed by atoms with van der Waals surface area (Å²) in [6.07, 6.45) is 6.82. The second-order valence-electron chi connectivity index (χ2n) is 8.17. The summed E-state index contributed by atoms with van der Waals surface area (Å²) in [6, 6.07) is 1.71. The summed E-state index contributed by atoms with van der Waals surface area (Å²) in [5.41, 5.74) is 4.08. The molecular formula is C24H32O6. The molecule has 0 aliphatic carbocycles. The molecule has 0 aromatic heterocycles. The number of rotatable bonds is 8. The molecule has 0 atom stereocenters. The molecule has 6 nitrogen and oxygen atoms in total. The summed E-state index contributed by atoms with van der Waals surface area (Å²) in [5.74, 6) is -1.05. The molecule has 1 aliphatic rings. The Balaban J connectivity index is 2.46. The van der Waals surface area contributed by atoms with Gasteiger partial charge >= 0.3 is 11.9 Å². The van der Waals surface area contributed by atoms with Gasteiger partial charge < -0.3 is 18.9 Å². The van der Waals surface area contributed by atoms with Crippen molar-refractivity contribution in [1.29, 1.82) is 0 Å². The van der Waals surface area contributed by atoms with Crippen LogP contribution < -0.4 is 9.47 Å². The predicted molar refractivity (Wildman–Crippen MR) is 115 cm³/mol. The van der Waals surface area contributed by atoms with Gasteiger partial charge in [-0.1, -0.05) is 23.3 Å². The lowest BCUT2D eigenvalue weighted by atomic mass is 9.96. The van der Waals surface area contributed by atoms with E-state index in [4.69, 9.17) is 18.9 Å². The van der Waals surface area contributed by atoms with E-state index in [0.717, 1.165) is 18.4 Å². The number of carbonyl (C=O) groups excluding carboxylic acids is 2. The quantitative estimate of drug-likeness (QED) is 0.424. The van der Waals surface area contributed by atoms with Crippen molar-refractivity contribution < 1.29 is 28.5 Å². The molecular weight excluding hydrogens is 384 g/mol. The zero-order valence-electron chi connectivity index (χ0n) is 19.0. The SMILES string of the molecule is COc1cc(COC(C)=O)c2c(c1C/C=C(\C)CCC=C(C)C)OC(C)(C)OC2=O. The fraction of sp³-hybridized carbons (Fsp3) is 0.500. The van der Waals surface area contributed by atoms with Gasteiger partial charge in [0, 0.05) is 31.9 Å². The number of benzene rings is 1. The highest BCUT2D eigenvalue weighted by atomic mass is 16.7. The minimum atomic E-state index is -1.11. The third kappa shape index (κ3) is 6.12. The lowest BCUT2D eigenvalue weighted by Crippen LogP contribution is -2.40. The van der Waals surface area contributed by atoms with Gasteiger partial charge in [0.1, 0.15) is 23.7 Å². The van der Waals surface area contributed by atoms with Gasteiger partial charge in [0.15, 0.2) is 0 Å². The van der Waals surface area contributed by atoms with Gasteiger partial charge in [-0.05, 0) is 46.1 Å². The summed E-state index contributed by atoms with van der Waals surface area (Å²) in [7, 11) is 1.57. The number of hydrogen-bond acceptors (Lipinski definition) is 6. The third-order valence-electron chi connectivity index (χ3n) is 4.71. The number of allylic oxidation sites excluding steroid dienone is 4. The zero-order chi connectivity index (χ0) is 22.5. The number of methoxy groups -OCH3 is 1. The van der Waals surface area contributed by atoms with Crippen molar-refractivity contribution in [3.63, 3.8) is 0 Å². The van der Waals surface area contributed by atoms with Crippen LogP contribution in [0.5, 0.6) is 11.5 Å². The molecule has 2 rings (SSSR count). The van der Waals surface area contributed by atoms with E-state index < -0.39 is 17.7 Å². The maximum atomic E-state index is 12.8. The molecule has 1 heterocycles. The molecule has 30 heavy (non-hydrogen) atoms. The van der Waals surface area contributed by atoms with Gasteiger partial charge in [-0.25, -0.2) is 4.79 Å². The van der Waals surface area contributed by atoms with E-state index in [0.29, 0.717) is 23.5 Å². The zero-order valence-corrected chi connectivity index (χ0v) is 19.0. The Bertz CT molecular complexity index is 872. The summed E-state index contributed by atoms with van der Waals surface area (Å²) < 4.78 is 22.2. The minimum Gasteiger partial charge on any atom is -0.496 e. The van der Waals surface area contributed by atoms with Crippen molar-refractivity contribution in [2.24, 2.45) is 0 Å². The topological polar surface area (TPSA) is 71.1 Å². The first kappa shape index (κ1) is 23.5. The van der Waals surface area contributed by atoms with Crippen molar-refractivity contribution in [2.75, 3.05) is 7.11 Å². The lowest BCUT2D eigenvalue weighted by molar-refractivity contribution is -0.142. The Morgan fingerprint density at radius 3 is 2.43 bits per heavy atom. The lowest BCUT2D eigenvalue weighted by Gasteiger charge is -2.34. The fourth-order valence-corrected chi connectivity index (χ4v) is 3.24. The van der Waals surface area contributed by atoms with Crippen LogP contribution in [0.25, 0.3) is 0 Å². The number of cyclic esters (lactones) is 1. The van der Waals surface area contributed by atoms with Crippen LogP contribution in [-0.4, -0.2) is 24.8 Å². The van der Waals surface area contributed by atoms with Crippen LogP contribution in [0.15, 0.2) is 29.4 Å². The first-order valence-corrected chi connectivity index (χ1v) is 10.1. The molecule has 0 N–H and O–H groups in total. The van der Waals surface area contributed by atoms with E-state index in [-0.39, 0.29) is 12.2 Å². The molecule has 0 unspecified atom stereocenters. The van der Waals surface area contributed by atoms with Gasteiger partial charge in [-0.15, -0.1) is 0 Å². The normalized spacial score (nSPS) is 14.9. The van der Waals surface area contributed by atoms with Crippen LogP contribution in [-0.2, 0) is 27.3 Å². The van der Waals surface area contributed by atoms with Crippen molar-refractivity contribution >= 4 is 11.9 Å².